The summed E-state index contributed by atoms with van der Waals surface area (Å²) in [6, 6.07) is 3.57. The predicted molar refractivity (Wildman–Crippen MR) is 99.0 cm³/mol. The highest BCUT2D eigenvalue weighted by molar-refractivity contribution is 9.10. The van der Waals surface area contributed by atoms with Crippen molar-refractivity contribution in [2.24, 2.45) is 28.8 Å². The van der Waals surface area contributed by atoms with Crippen LogP contribution in [0.5, 0.6) is 11.5 Å². The zero-order valence-electron chi connectivity index (χ0n) is 14.5. The molecule has 136 valence electrons. The Bertz CT molecular complexity index is 805. The van der Waals surface area contributed by atoms with Gasteiger partial charge in [0.05, 0.1) is 36.2 Å². The number of rotatable bonds is 5. The van der Waals surface area contributed by atoms with Gasteiger partial charge in [-0.25, -0.2) is 0 Å². The summed E-state index contributed by atoms with van der Waals surface area (Å²) in [5.41, 5.74) is 0.705. The first-order valence-electron chi connectivity index (χ1n) is 8.65. The SMILES string of the molecule is CCOc1c(Br)cc(C=NN2C(=O)C3C4C=CC(C4)C3C2=O)cc1OC. The Kier molecular flexibility index (Phi) is 4.34. The van der Waals surface area contributed by atoms with E-state index in [4.69, 9.17) is 9.47 Å². The van der Waals surface area contributed by atoms with Crippen LogP contribution in [0, 0.1) is 23.7 Å². The van der Waals surface area contributed by atoms with Crippen molar-refractivity contribution in [1.82, 2.24) is 5.01 Å². The van der Waals surface area contributed by atoms with E-state index < -0.39 is 0 Å². The van der Waals surface area contributed by atoms with Crippen LogP contribution in [0.3, 0.4) is 0 Å². The van der Waals surface area contributed by atoms with Gasteiger partial charge in [0.1, 0.15) is 0 Å². The fourth-order valence-electron chi connectivity index (χ4n) is 4.22. The minimum atomic E-state index is -0.240. The molecule has 1 saturated carbocycles. The van der Waals surface area contributed by atoms with Crippen LogP contribution in [0.15, 0.2) is 33.9 Å². The number of carbonyl (C=O) groups is 2. The van der Waals surface area contributed by atoms with Crippen molar-refractivity contribution in [1.29, 1.82) is 0 Å². The summed E-state index contributed by atoms with van der Waals surface area (Å²) < 4.78 is 11.6. The lowest BCUT2D eigenvalue weighted by Crippen LogP contribution is -2.28. The number of benzene rings is 1. The molecule has 1 aliphatic heterocycles. The summed E-state index contributed by atoms with van der Waals surface area (Å²) >= 11 is 3.46. The number of methoxy groups -OCH3 is 1. The molecule has 0 aromatic heterocycles. The topological polar surface area (TPSA) is 68.2 Å². The van der Waals surface area contributed by atoms with E-state index in [1.807, 2.05) is 13.0 Å². The standard InChI is InChI=1S/C19H19BrN2O4/c1-3-26-17-13(20)6-10(7-14(17)25-2)9-21-22-18(23)15-11-4-5-12(8-11)16(15)19(22)24/h4-7,9,11-12,15-16H,3,8H2,1-2H3. The number of allylic oxidation sites excluding steroid dienone is 2. The Morgan fingerprint density at radius 3 is 2.46 bits per heavy atom. The Hall–Kier alpha value is -2.15. The number of carbonyl (C=O) groups excluding carboxylic acids is 2. The summed E-state index contributed by atoms with van der Waals surface area (Å²) in [5.74, 6) is 0.670. The molecule has 2 amide bonds. The lowest BCUT2D eigenvalue weighted by atomic mass is 9.85. The van der Waals surface area contributed by atoms with Gasteiger partial charge in [-0.05, 0) is 58.8 Å². The number of nitrogens with zero attached hydrogens (tertiary/aromatic N) is 2. The monoisotopic (exact) mass is 418 g/mol. The largest absolute Gasteiger partial charge is 0.493 e. The molecular formula is C19H19BrN2O4. The third-order valence-corrected chi connectivity index (χ3v) is 5.90. The Morgan fingerprint density at radius 1 is 1.23 bits per heavy atom. The highest BCUT2D eigenvalue weighted by atomic mass is 79.9. The van der Waals surface area contributed by atoms with E-state index in [1.165, 1.54) is 6.21 Å². The fraction of sp³-hybridized carbons (Fsp3) is 0.421. The molecule has 4 rings (SSSR count). The second-order valence-electron chi connectivity index (χ2n) is 6.70. The molecule has 2 bridgehead atoms. The van der Waals surface area contributed by atoms with E-state index in [2.05, 4.69) is 33.2 Å². The molecule has 0 N–H and O–H groups in total. The molecule has 3 aliphatic rings. The molecule has 4 unspecified atom stereocenters. The second kappa shape index (κ2) is 6.54. The average molecular weight is 419 g/mol. The second-order valence-corrected chi connectivity index (χ2v) is 7.55. The predicted octanol–water partition coefficient (Wildman–Crippen LogP) is 3.00. The molecule has 0 radical (unpaired) electrons. The molecule has 7 heteroatoms. The van der Waals surface area contributed by atoms with E-state index >= 15 is 0 Å². The first-order chi connectivity index (χ1) is 12.5. The molecule has 1 heterocycles. The third-order valence-electron chi connectivity index (χ3n) is 5.31. The van der Waals surface area contributed by atoms with Crippen LogP contribution < -0.4 is 9.47 Å². The molecule has 2 fully saturated rings. The number of hydrazone groups is 1. The number of halogens is 1. The van der Waals surface area contributed by atoms with Gasteiger partial charge in [0.15, 0.2) is 11.5 Å². The highest BCUT2D eigenvalue weighted by Gasteiger charge is 2.59. The molecule has 1 saturated heterocycles. The number of fused-ring (bicyclic) bond motifs is 5. The quantitative estimate of drug-likeness (QED) is 0.418. The maximum Gasteiger partial charge on any atom is 0.254 e. The fourth-order valence-corrected chi connectivity index (χ4v) is 4.80. The molecule has 4 atom stereocenters. The number of hydrogen-bond acceptors (Lipinski definition) is 5. The van der Waals surface area contributed by atoms with Crippen LogP contribution in [-0.4, -0.2) is 36.8 Å². The van der Waals surface area contributed by atoms with Gasteiger partial charge >= 0.3 is 0 Å². The molecule has 1 aromatic rings. The van der Waals surface area contributed by atoms with Crippen LogP contribution in [0.1, 0.15) is 18.9 Å². The Balaban J connectivity index is 1.58. The minimum Gasteiger partial charge on any atom is -0.493 e. The van der Waals surface area contributed by atoms with Crippen LogP contribution >= 0.6 is 15.9 Å². The first-order valence-corrected chi connectivity index (χ1v) is 9.45. The molecule has 2 aliphatic carbocycles. The molecule has 1 aromatic carbocycles. The number of amides is 2. The van der Waals surface area contributed by atoms with E-state index in [0.717, 1.165) is 15.9 Å². The normalized spacial score (nSPS) is 29.1. The Morgan fingerprint density at radius 2 is 1.88 bits per heavy atom. The van der Waals surface area contributed by atoms with Crippen LogP contribution in [0.25, 0.3) is 0 Å². The lowest BCUT2D eigenvalue weighted by Gasteiger charge is -2.13. The van der Waals surface area contributed by atoms with Gasteiger partial charge in [-0.1, -0.05) is 12.2 Å². The first kappa shape index (κ1) is 17.3. The highest BCUT2D eigenvalue weighted by Crippen LogP contribution is 2.52. The summed E-state index contributed by atoms with van der Waals surface area (Å²) in [4.78, 5) is 25.3. The minimum absolute atomic E-state index is 0.182. The van der Waals surface area contributed by atoms with E-state index in [1.54, 1.807) is 13.2 Å². The molecule has 26 heavy (non-hydrogen) atoms. The van der Waals surface area contributed by atoms with E-state index in [9.17, 15) is 9.59 Å². The summed E-state index contributed by atoms with van der Waals surface area (Å²) in [6.07, 6.45) is 6.56. The Labute approximate surface area is 160 Å². The lowest BCUT2D eigenvalue weighted by molar-refractivity contribution is -0.140. The average Bonchev–Trinajstić information content (AvgIpc) is 3.30. The van der Waals surface area contributed by atoms with Gasteiger partial charge in [0.2, 0.25) is 0 Å². The summed E-state index contributed by atoms with van der Waals surface area (Å²) in [5, 5.41) is 5.23. The summed E-state index contributed by atoms with van der Waals surface area (Å²) in [7, 11) is 1.56. The van der Waals surface area contributed by atoms with Gasteiger partial charge in [0, 0.05) is 0 Å². The zero-order valence-corrected chi connectivity index (χ0v) is 16.1. The maximum absolute atomic E-state index is 12.6. The van der Waals surface area contributed by atoms with Crippen LogP contribution in [0.4, 0.5) is 0 Å². The molecule has 0 spiro atoms. The smallest absolute Gasteiger partial charge is 0.254 e. The van der Waals surface area contributed by atoms with Crippen LogP contribution in [0.2, 0.25) is 0 Å². The third kappa shape index (κ3) is 2.57. The van der Waals surface area contributed by atoms with Crippen molar-refractivity contribution in [3.05, 3.63) is 34.3 Å². The molecule has 6 nitrogen and oxygen atoms in total. The number of ether oxygens (including phenoxy) is 2. The van der Waals surface area contributed by atoms with Crippen molar-refractivity contribution in [2.75, 3.05) is 13.7 Å². The van der Waals surface area contributed by atoms with Gasteiger partial charge in [0.25, 0.3) is 11.8 Å². The van der Waals surface area contributed by atoms with Gasteiger partial charge < -0.3 is 9.47 Å². The van der Waals surface area contributed by atoms with Crippen molar-refractivity contribution >= 4 is 34.0 Å². The van der Waals surface area contributed by atoms with Crippen molar-refractivity contribution in [3.63, 3.8) is 0 Å². The van der Waals surface area contributed by atoms with E-state index in [0.29, 0.717) is 23.7 Å². The number of imide groups is 1. The zero-order chi connectivity index (χ0) is 18.4. The molecular weight excluding hydrogens is 400 g/mol. The van der Waals surface area contributed by atoms with Crippen molar-refractivity contribution in [3.8, 4) is 11.5 Å². The number of hydrogen-bond donors (Lipinski definition) is 0. The van der Waals surface area contributed by atoms with Gasteiger partial charge in [-0.2, -0.15) is 10.1 Å². The van der Waals surface area contributed by atoms with Gasteiger partial charge in [-0.15, -0.1) is 0 Å². The summed E-state index contributed by atoms with van der Waals surface area (Å²) in [6.45, 7) is 2.41. The van der Waals surface area contributed by atoms with Gasteiger partial charge in [-0.3, -0.25) is 9.59 Å². The van der Waals surface area contributed by atoms with Crippen molar-refractivity contribution in [2.45, 2.75) is 13.3 Å². The maximum atomic E-state index is 12.6. The van der Waals surface area contributed by atoms with Crippen LogP contribution in [-0.2, 0) is 9.59 Å². The van der Waals surface area contributed by atoms with E-state index in [-0.39, 0.29) is 35.5 Å². The van der Waals surface area contributed by atoms with Crippen molar-refractivity contribution < 1.29 is 19.1 Å².